The normalized spacial score (nSPS) is 12.1. The lowest BCUT2D eigenvalue weighted by atomic mass is 9.92. The van der Waals surface area contributed by atoms with Crippen LogP contribution in [-0.2, 0) is 13.0 Å². The van der Waals surface area contributed by atoms with E-state index in [1.165, 1.54) is 31.2 Å². The lowest BCUT2D eigenvalue weighted by Gasteiger charge is -2.14. The fourth-order valence-corrected chi connectivity index (χ4v) is 2.62. The number of hydrogen-bond acceptors (Lipinski definition) is 4. The van der Waals surface area contributed by atoms with Crippen molar-refractivity contribution in [1.82, 2.24) is 9.97 Å². The summed E-state index contributed by atoms with van der Waals surface area (Å²) in [4.78, 5) is 8.07. The molecule has 4 nitrogen and oxygen atoms in total. The van der Waals surface area contributed by atoms with Crippen LogP contribution in [0.25, 0.3) is 0 Å². The molecule has 0 radical (unpaired) electrons. The highest BCUT2D eigenvalue weighted by Crippen LogP contribution is 2.19. The van der Waals surface area contributed by atoms with Gasteiger partial charge in [0.1, 0.15) is 12.4 Å². The summed E-state index contributed by atoms with van der Waals surface area (Å²) in [5.74, 6) is 1.21. The van der Waals surface area contributed by atoms with E-state index in [0.29, 0.717) is 18.4 Å². The van der Waals surface area contributed by atoms with Gasteiger partial charge in [0.2, 0.25) is 0 Å². The van der Waals surface area contributed by atoms with Gasteiger partial charge in [-0.1, -0.05) is 63.8 Å². The summed E-state index contributed by atoms with van der Waals surface area (Å²) in [7, 11) is 0. The van der Waals surface area contributed by atoms with E-state index in [-0.39, 0.29) is 0 Å². The van der Waals surface area contributed by atoms with E-state index < -0.39 is 0 Å². The van der Waals surface area contributed by atoms with Crippen molar-refractivity contribution in [2.24, 2.45) is 5.92 Å². The van der Waals surface area contributed by atoms with Crippen LogP contribution < -0.4 is 10.5 Å². The highest BCUT2D eigenvalue weighted by molar-refractivity contribution is 5.27. The van der Waals surface area contributed by atoms with Gasteiger partial charge in [-0.15, -0.1) is 0 Å². The lowest BCUT2D eigenvalue weighted by molar-refractivity contribution is 0.281. The molecule has 0 aliphatic carbocycles. The van der Waals surface area contributed by atoms with Crippen molar-refractivity contribution in [1.29, 1.82) is 0 Å². The Morgan fingerprint density at radius 1 is 1.09 bits per heavy atom. The number of ether oxygens (including phenoxy) is 1. The molecule has 1 heterocycles. The lowest BCUT2D eigenvalue weighted by Crippen LogP contribution is -2.04. The summed E-state index contributed by atoms with van der Waals surface area (Å²) in [5, 5.41) is 0. The minimum Gasteiger partial charge on any atom is -0.459 e. The summed E-state index contributed by atoms with van der Waals surface area (Å²) < 4.78 is 5.57. The Morgan fingerprint density at radius 3 is 2.48 bits per heavy atom. The molecule has 0 aliphatic heterocycles. The number of rotatable bonds is 9. The molecule has 4 heteroatoms. The Bertz CT molecular complexity index is 583. The fraction of sp³-hybridized carbons (Fsp3) is 0.474. The highest BCUT2D eigenvalue weighted by atomic mass is 16.5. The second kappa shape index (κ2) is 9.13. The molecular weight excluding hydrogens is 286 g/mol. The van der Waals surface area contributed by atoms with Gasteiger partial charge < -0.3 is 10.5 Å². The van der Waals surface area contributed by atoms with Crippen LogP contribution in [-0.4, -0.2) is 9.97 Å². The molecule has 1 unspecified atom stereocenters. The van der Waals surface area contributed by atoms with Crippen LogP contribution in [0.2, 0.25) is 0 Å². The topological polar surface area (TPSA) is 61.0 Å². The molecule has 124 valence electrons. The molecule has 2 N–H and O–H groups in total. The monoisotopic (exact) mass is 313 g/mol. The fourth-order valence-electron chi connectivity index (χ4n) is 2.62. The van der Waals surface area contributed by atoms with Gasteiger partial charge in [0.15, 0.2) is 0 Å². The van der Waals surface area contributed by atoms with Crippen molar-refractivity contribution in [3.63, 3.8) is 0 Å². The minimum atomic E-state index is 0.319. The first-order chi connectivity index (χ1) is 11.2. The molecule has 0 spiro atoms. The molecule has 1 aromatic heterocycles. The molecule has 0 fully saturated rings. The average Bonchev–Trinajstić information content (AvgIpc) is 2.58. The van der Waals surface area contributed by atoms with Gasteiger partial charge in [0, 0.05) is 6.20 Å². The standard InChI is InChI=1S/C19H27N3O/c1-3-5-6-15(4-2)13-16-7-9-17(10-8-16)14-23-19-21-12-11-18(20)22-19/h7-12,15H,3-6,13-14H2,1-2H3,(H2,20,21,22). The Hall–Kier alpha value is -2.10. The Kier molecular flexibility index (Phi) is 6.85. The minimum absolute atomic E-state index is 0.319. The molecule has 2 aromatic rings. The second-order valence-corrected chi connectivity index (χ2v) is 5.99. The molecule has 0 amide bonds. The van der Waals surface area contributed by atoms with Crippen molar-refractivity contribution in [2.75, 3.05) is 5.73 Å². The third-order valence-corrected chi connectivity index (χ3v) is 4.11. The zero-order valence-corrected chi connectivity index (χ0v) is 14.2. The first-order valence-electron chi connectivity index (χ1n) is 8.50. The van der Waals surface area contributed by atoms with Gasteiger partial charge in [0.05, 0.1) is 0 Å². The van der Waals surface area contributed by atoms with Gasteiger partial charge in [-0.25, -0.2) is 4.98 Å². The molecule has 23 heavy (non-hydrogen) atoms. The quantitative estimate of drug-likeness (QED) is 0.745. The molecule has 2 rings (SSSR count). The first kappa shape index (κ1) is 17.3. The van der Waals surface area contributed by atoms with Crippen LogP contribution in [0.4, 0.5) is 5.82 Å². The number of nitrogen functional groups attached to an aromatic ring is 1. The van der Waals surface area contributed by atoms with Crippen molar-refractivity contribution in [2.45, 2.75) is 52.6 Å². The van der Waals surface area contributed by atoms with Crippen LogP contribution in [0.1, 0.15) is 50.7 Å². The summed E-state index contributed by atoms with van der Waals surface area (Å²) in [6.45, 7) is 5.00. The predicted molar refractivity (Wildman–Crippen MR) is 94.2 cm³/mol. The van der Waals surface area contributed by atoms with E-state index >= 15 is 0 Å². The third-order valence-electron chi connectivity index (χ3n) is 4.11. The third kappa shape index (κ3) is 5.89. The van der Waals surface area contributed by atoms with Crippen LogP contribution in [0.15, 0.2) is 36.5 Å². The van der Waals surface area contributed by atoms with E-state index in [4.69, 9.17) is 10.5 Å². The van der Waals surface area contributed by atoms with Gasteiger partial charge in [-0.05, 0) is 29.5 Å². The van der Waals surface area contributed by atoms with Crippen LogP contribution in [0.3, 0.4) is 0 Å². The maximum absolute atomic E-state index is 5.61. The number of anilines is 1. The number of nitrogens with two attached hydrogens (primary N) is 1. The Balaban J connectivity index is 1.86. The van der Waals surface area contributed by atoms with Crippen LogP contribution in [0, 0.1) is 5.92 Å². The summed E-state index contributed by atoms with van der Waals surface area (Å²) in [6, 6.07) is 10.6. The van der Waals surface area contributed by atoms with Gasteiger partial charge in [-0.2, -0.15) is 4.98 Å². The zero-order chi connectivity index (χ0) is 16.5. The van der Waals surface area contributed by atoms with Crippen LogP contribution in [0.5, 0.6) is 6.01 Å². The Morgan fingerprint density at radius 2 is 1.83 bits per heavy atom. The van der Waals surface area contributed by atoms with E-state index in [1.807, 2.05) is 0 Å². The zero-order valence-electron chi connectivity index (χ0n) is 14.2. The summed E-state index contributed by atoms with van der Waals surface area (Å²) >= 11 is 0. The van der Waals surface area contributed by atoms with E-state index in [9.17, 15) is 0 Å². The molecule has 0 aliphatic rings. The maximum atomic E-state index is 5.61. The smallest absolute Gasteiger partial charge is 0.318 e. The van der Waals surface area contributed by atoms with Gasteiger partial charge >= 0.3 is 6.01 Å². The number of aromatic nitrogens is 2. The summed E-state index contributed by atoms with van der Waals surface area (Å²) in [6.07, 6.45) is 7.93. The maximum Gasteiger partial charge on any atom is 0.318 e. The van der Waals surface area contributed by atoms with E-state index in [2.05, 4.69) is 48.1 Å². The highest BCUT2D eigenvalue weighted by Gasteiger charge is 2.07. The second-order valence-electron chi connectivity index (χ2n) is 5.99. The molecule has 0 saturated heterocycles. The summed E-state index contributed by atoms with van der Waals surface area (Å²) in [5.41, 5.74) is 8.12. The van der Waals surface area contributed by atoms with Gasteiger partial charge in [0.25, 0.3) is 0 Å². The molecule has 1 aromatic carbocycles. The molecule has 1 atom stereocenters. The number of benzene rings is 1. The van der Waals surface area contributed by atoms with Crippen molar-refractivity contribution >= 4 is 5.82 Å². The number of unbranched alkanes of at least 4 members (excludes halogenated alkanes) is 1. The Labute approximate surface area is 139 Å². The van der Waals surface area contributed by atoms with E-state index in [0.717, 1.165) is 17.9 Å². The van der Waals surface area contributed by atoms with Crippen molar-refractivity contribution in [3.05, 3.63) is 47.7 Å². The number of nitrogens with zero attached hydrogens (tertiary/aromatic N) is 2. The van der Waals surface area contributed by atoms with E-state index in [1.54, 1.807) is 12.3 Å². The predicted octanol–water partition coefficient (Wildman–Crippen LogP) is 4.40. The van der Waals surface area contributed by atoms with Crippen molar-refractivity contribution in [3.8, 4) is 6.01 Å². The molecule has 0 bridgehead atoms. The number of hydrogen-bond donors (Lipinski definition) is 1. The SMILES string of the molecule is CCCCC(CC)Cc1ccc(COc2nccc(N)n2)cc1. The van der Waals surface area contributed by atoms with Crippen LogP contribution >= 0.6 is 0 Å². The largest absolute Gasteiger partial charge is 0.459 e. The van der Waals surface area contributed by atoms with Gasteiger partial charge in [-0.3, -0.25) is 0 Å². The first-order valence-corrected chi connectivity index (χ1v) is 8.50. The average molecular weight is 313 g/mol. The van der Waals surface area contributed by atoms with Crippen molar-refractivity contribution < 1.29 is 4.74 Å². The molecular formula is C19H27N3O. The molecule has 0 saturated carbocycles.